The summed E-state index contributed by atoms with van der Waals surface area (Å²) in [4.78, 5) is 11.1. The van der Waals surface area contributed by atoms with Crippen LogP contribution in [-0.4, -0.2) is 18.2 Å². The molecule has 1 aliphatic rings. The van der Waals surface area contributed by atoms with E-state index in [-0.39, 0.29) is 0 Å². The highest BCUT2D eigenvalue weighted by Crippen LogP contribution is 2.49. The molecule has 1 aliphatic carbocycles. The lowest BCUT2D eigenvalue weighted by Gasteiger charge is -2.12. The maximum atomic E-state index is 11.1. The topological polar surface area (TPSA) is 46.5 Å². The van der Waals surface area contributed by atoms with E-state index in [9.17, 15) is 4.79 Å². The van der Waals surface area contributed by atoms with Gasteiger partial charge in [0.25, 0.3) is 0 Å². The number of methoxy groups -OCH3 is 1. The summed E-state index contributed by atoms with van der Waals surface area (Å²) in [6.45, 7) is 0. The van der Waals surface area contributed by atoms with E-state index in [4.69, 9.17) is 9.84 Å². The molecule has 0 heterocycles. The van der Waals surface area contributed by atoms with Crippen LogP contribution in [0.1, 0.15) is 18.4 Å². The minimum atomic E-state index is -0.737. The fourth-order valence-electron chi connectivity index (χ4n) is 1.72. The van der Waals surface area contributed by atoms with E-state index in [1.807, 2.05) is 12.1 Å². The van der Waals surface area contributed by atoms with E-state index in [1.165, 1.54) is 0 Å². The Morgan fingerprint density at radius 1 is 1.53 bits per heavy atom. The molecule has 4 heteroatoms. The second-order valence-electron chi connectivity index (χ2n) is 3.74. The molecule has 1 aromatic rings. The third-order valence-electron chi connectivity index (χ3n) is 2.86. The normalized spacial score (nSPS) is 17.2. The van der Waals surface area contributed by atoms with Gasteiger partial charge < -0.3 is 9.84 Å². The molecule has 1 N–H and O–H groups in total. The molecule has 0 atom stereocenters. The summed E-state index contributed by atoms with van der Waals surface area (Å²) in [5.41, 5.74) is 0.206. The van der Waals surface area contributed by atoms with Crippen LogP contribution in [0.25, 0.3) is 0 Å². The van der Waals surface area contributed by atoms with Crippen LogP contribution in [0.4, 0.5) is 0 Å². The second-order valence-corrected chi connectivity index (χ2v) is 4.59. The monoisotopic (exact) mass is 270 g/mol. The average molecular weight is 271 g/mol. The van der Waals surface area contributed by atoms with Crippen LogP contribution < -0.4 is 4.74 Å². The number of carboxylic acid groups (broad SMARTS) is 1. The summed E-state index contributed by atoms with van der Waals surface area (Å²) >= 11 is 3.36. The number of rotatable bonds is 3. The van der Waals surface area contributed by atoms with Crippen molar-refractivity contribution in [3.63, 3.8) is 0 Å². The van der Waals surface area contributed by atoms with Gasteiger partial charge in [0.2, 0.25) is 0 Å². The van der Waals surface area contributed by atoms with Gasteiger partial charge in [0.15, 0.2) is 0 Å². The number of carboxylic acids is 1. The third kappa shape index (κ3) is 1.63. The van der Waals surface area contributed by atoms with Crippen molar-refractivity contribution in [3.8, 4) is 5.75 Å². The van der Waals surface area contributed by atoms with Gasteiger partial charge in [-0.3, -0.25) is 4.79 Å². The average Bonchev–Trinajstić information content (AvgIpc) is 2.98. The van der Waals surface area contributed by atoms with Gasteiger partial charge in [0, 0.05) is 0 Å². The summed E-state index contributed by atoms with van der Waals surface area (Å²) in [5, 5.41) is 9.13. The molecule has 3 nitrogen and oxygen atoms in total. The standard InChI is InChI=1S/C11H11BrO3/c1-15-9-3-2-7(6-8(9)12)11(4-5-11)10(13)14/h2-3,6H,4-5H2,1H3,(H,13,14). The first-order valence-corrected chi connectivity index (χ1v) is 5.47. The Kier molecular flexibility index (Phi) is 2.46. The van der Waals surface area contributed by atoms with E-state index in [0.717, 1.165) is 28.6 Å². The first-order chi connectivity index (χ1) is 7.10. The minimum absolute atomic E-state index is 0.644. The SMILES string of the molecule is COc1ccc(C2(C(=O)O)CC2)cc1Br. The maximum absolute atomic E-state index is 11.1. The molecule has 0 unspecified atom stereocenters. The predicted octanol–water partition coefficient (Wildman–Crippen LogP) is 2.57. The van der Waals surface area contributed by atoms with Crippen molar-refractivity contribution in [1.29, 1.82) is 0 Å². The highest BCUT2D eigenvalue weighted by atomic mass is 79.9. The Morgan fingerprint density at radius 2 is 2.20 bits per heavy atom. The number of benzene rings is 1. The molecular formula is C11H11BrO3. The van der Waals surface area contributed by atoms with Gasteiger partial charge in [-0.2, -0.15) is 0 Å². The quantitative estimate of drug-likeness (QED) is 0.919. The summed E-state index contributed by atoms with van der Waals surface area (Å²) in [7, 11) is 1.59. The first kappa shape index (κ1) is 10.5. The van der Waals surface area contributed by atoms with Crippen molar-refractivity contribution in [3.05, 3.63) is 28.2 Å². The summed E-state index contributed by atoms with van der Waals surface area (Å²) < 4.78 is 5.90. The van der Waals surface area contributed by atoms with Crippen LogP contribution in [0.3, 0.4) is 0 Å². The van der Waals surface area contributed by atoms with Gasteiger partial charge in [-0.25, -0.2) is 0 Å². The van der Waals surface area contributed by atoms with Crippen LogP contribution in [0.5, 0.6) is 5.75 Å². The summed E-state index contributed by atoms with van der Waals surface area (Å²) in [6, 6.07) is 5.45. The molecule has 1 saturated carbocycles. The van der Waals surface area contributed by atoms with E-state index in [1.54, 1.807) is 13.2 Å². The molecule has 1 fully saturated rings. The number of ether oxygens (including phenoxy) is 1. The van der Waals surface area contributed by atoms with E-state index in [2.05, 4.69) is 15.9 Å². The molecule has 0 radical (unpaired) electrons. The zero-order chi connectivity index (χ0) is 11.1. The molecule has 1 aromatic carbocycles. The Labute approximate surface area is 96.2 Å². The molecular weight excluding hydrogens is 260 g/mol. The molecule has 0 amide bonds. The van der Waals surface area contributed by atoms with Crippen molar-refractivity contribution in [2.75, 3.05) is 7.11 Å². The van der Waals surface area contributed by atoms with Crippen molar-refractivity contribution >= 4 is 21.9 Å². The largest absolute Gasteiger partial charge is 0.496 e. The van der Waals surface area contributed by atoms with Crippen LogP contribution in [-0.2, 0) is 10.2 Å². The van der Waals surface area contributed by atoms with Crippen LogP contribution >= 0.6 is 15.9 Å². The first-order valence-electron chi connectivity index (χ1n) is 4.67. The van der Waals surface area contributed by atoms with Gasteiger partial charge in [-0.15, -0.1) is 0 Å². The van der Waals surface area contributed by atoms with Crippen molar-refractivity contribution in [1.82, 2.24) is 0 Å². The Balaban J connectivity index is 2.39. The third-order valence-corrected chi connectivity index (χ3v) is 3.48. The lowest BCUT2D eigenvalue weighted by molar-refractivity contribution is -0.140. The van der Waals surface area contributed by atoms with Gasteiger partial charge in [-0.1, -0.05) is 6.07 Å². The van der Waals surface area contributed by atoms with Gasteiger partial charge in [0.1, 0.15) is 5.75 Å². The predicted molar refractivity (Wildman–Crippen MR) is 59.2 cm³/mol. The number of aliphatic carboxylic acids is 1. The Bertz CT molecular complexity index is 410. The number of hydrogen-bond acceptors (Lipinski definition) is 2. The zero-order valence-corrected chi connectivity index (χ0v) is 9.87. The summed E-state index contributed by atoms with van der Waals surface area (Å²) in [5.74, 6) is -0.0143. The molecule has 15 heavy (non-hydrogen) atoms. The van der Waals surface area contributed by atoms with Gasteiger partial charge in [0.05, 0.1) is 17.0 Å². The molecule has 0 spiro atoms. The molecule has 0 bridgehead atoms. The highest BCUT2D eigenvalue weighted by molar-refractivity contribution is 9.10. The molecule has 2 rings (SSSR count). The van der Waals surface area contributed by atoms with E-state index in [0.29, 0.717) is 0 Å². The molecule has 80 valence electrons. The van der Waals surface area contributed by atoms with E-state index < -0.39 is 11.4 Å². The fourth-order valence-corrected chi connectivity index (χ4v) is 2.26. The lowest BCUT2D eigenvalue weighted by atomic mass is 9.96. The van der Waals surface area contributed by atoms with E-state index >= 15 is 0 Å². The van der Waals surface area contributed by atoms with Crippen LogP contribution in [0.2, 0.25) is 0 Å². The maximum Gasteiger partial charge on any atom is 0.314 e. The van der Waals surface area contributed by atoms with Gasteiger partial charge >= 0.3 is 5.97 Å². The van der Waals surface area contributed by atoms with Crippen LogP contribution in [0.15, 0.2) is 22.7 Å². The lowest BCUT2D eigenvalue weighted by Crippen LogP contribution is -2.19. The second kappa shape index (κ2) is 3.52. The number of hydrogen-bond donors (Lipinski definition) is 1. The smallest absolute Gasteiger partial charge is 0.314 e. The molecule has 0 aromatic heterocycles. The number of carbonyl (C=O) groups is 1. The fraction of sp³-hybridized carbons (Fsp3) is 0.364. The molecule has 0 saturated heterocycles. The number of halogens is 1. The zero-order valence-electron chi connectivity index (χ0n) is 8.29. The van der Waals surface area contributed by atoms with Crippen molar-refractivity contribution < 1.29 is 14.6 Å². The van der Waals surface area contributed by atoms with Crippen molar-refractivity contribution in [2.24, 2.45) is 0 Å². The molecule has 0 aliphatic heterocycles. The minimum Gasteiger partial charge on any atom is -0.496 e. The highest BCUT2D eigenvalue weighted by Gasteiger charge is 2.51. The summed E-state index contributed by atoms with van der Waals surface area (Å²) in [6.07, 6.45) is 1.45. The Hall–Kier alpha value is -1.03. The van der Waals surface area contributed by atoms with Gasteiger partial charge in [-0.05, 0) is 46.5 Å². The van der Waals surface area contributed by atoms with Crippen LogP contribution in [0, 0.1) is 0 Å². The Morgan fingerprint density at radius 3 is 2.60 bits per heavy atom. The van der Waals surface area contributed by atoms with Crippen molar-refractivity contribution in [2.45, 2.75) is 18.3 Å².